The molecule has 2 aromatic rings. The number of carboxylic acids is 1. The number of nitrogens with one attached hydrogen (secondary N) is 1. The fourth-order valence-corrected chi connectivity index (χ4v) is 4.04. The Kier molecular flexibility index (Phi) is 10.6. The Morgan fingerprint density at radius 3 is 2.11 bits per heavy atom. The molecule has 0 radical (unpaired) electrons. The molecule has 1 aromatic carbocycles. The third-order valence-electron chi connectivity index (χ3n) is 4.44. The number of rotatable bonds is 9. The van der Waals surface area contributed by atoms with Crippen molar-refractivity contribution in [3.63, 3.8) is 0 Å². The Morgan fingerprint density at radius 2 is 1.66 bits per heavy atom. The van der Waals surface area contributed by atoms with Crippen LogP contribution in [-0.2, 0) is 30.2 Å². The summed E-state index contributed by atoms with van der Waals surface area (Å²) < 4.78 is 72.9. The van der Waals surface area contributed by atoms with Crippen LogP contribution in [0.1, 0.15) is 24.2 Å². The number of primary amides is 1. The summed E-state index contributed by atoms with van der Waals surface area (Å²) >= 11 is 0. The number of guanidine groups is 1. The van der Waals surface area contributed by atoms with Gasteiger partial charge in [0.15, 0.2) is 12.1 Å². The summed E-state index contributed by atoms with van der Waals surface area (Å²) in [5, 5.41) is 10.5. The molecule has 0 aliphatic heterocycles. The van der Waals surface area contributed by atoms with Gasteiger partial charge in [0, 0.05) is 5.69 Å². The number of carbonyl (C=O) groups is 2. The zero-order valence-electron chi connectivity index (χ0n) is 19.8. The van der Waals surface area contributed by atoms with Gasteiger partial charge in [0.25, 0.3) is 5.56 Å². The molecule has 1 amide bonds. The van der Waals surface area contributed by atoms with Crippen molar-refractivity contribution >= 4 is 33.5 Å². The number of halogens is 4. The lowest BCUT2D eigenvalue weighted by Crippen LogP contribution is -2.42. The molecule has 1 aromatic heterocycles. The minimum absolute atomic E-state index is 0.312. The van der Waals surface area contributed by atoms with Crippen LogP contribution in [0.2, 0.25) is 0 Å². The molecule has 2 rings (SSSR count). The molecule has 0 spiro atoms. The number of aryl methyl sites for hydroxylation is 1. The number of aromatic nitrogens is 1. The summed E-state index contributed by atoms with van der Waals surface area (Å²) in [5.41, 5.74) is 15.3. The number of oxime groups is 1. The average molecular weight is 569 g/mol. The molecule has 1 heterocycles. The zero-order chi connectivity index (χ0) is 29.4. The molecule has 0 aliphatic carbocycles. The molecular weight excluding hydrogens is 544 g/mol. The predicted molar refractivity (Wildman–Crippen MR) is 126 cm³/mol. The monoisotopic (exact) mass is 568 g/mol. The third-order valence-corrected chi connectivity index (χ3v) is 5.68. The van der Waals surface area contributed by atoms with Gasteiger partial charge in [-0.15, -0.1) is 0 Å². The SMILES string of the molecule is Cc1ccc(NS(=O)(=O)Cc2ccc(F)cc2)c(=O)n1C(C(N)=O)C(C)ON=C(N)N.O=C(O)C(F)(F)F. The quantitative estimate of drug-likeness (QED) is 0.123. The number of nitrogens with zero attached hydrogens (tertiary/aromatic N) is 2. The van der Waals surface area contributed by atoms with Crippen molar-refractivity contribution in [2.24, 2.45) is 22.4 Å². The average Bonchev–Trinajstić information content (AvgIpc) is 2.77. The van der Waals surface area contributed by atoms with Gasteiger partial charge < -0.3 is 27.1 Å². The van der Waals surface area contributed by atoms with Crippen LogP contribution in [0.5, 0.6) is 0 Å². The summed E-state index contributed by atoms with van der Waals surface area (Å²) in [6.07, 6.45) is -6.14. The number of anilines is 1. The molecule has 210 valence electrons. The van der Waals surface area contributed by atoms with Crippen molar-refractivity contribution in [2.45, 2.75) is 37.9 Å². The number of hydrogen-bond donors (Lipinski definition) is 5. The number of pyridine rings is 1. The van der Waals surface area contributed by atoms with E-state index < -0.39 is 63.3 Å². The smallest absolute Gasteiger partial charge is 0.475 e. The van der Waals surface area contributed by atoms with E-state index in [-0.39, 0.29) is 5.69 Å². The van der Waals surface area contributed by atoms with Crippen molar-refractivity contribution in [3.05, 3.63) is 63.8 Å². The first-order valence-electron chi connectivity index (χ1n) is 10.2. The van der Waals surface area contributed by atoms with Crippen molar-refractivity contribution in [1.82, 2.24) is 4.57 Å². The summed E-state index contributed by atoms with van der Waals surface area (Å²) in [5.74, 6) is -5.09. The van der Waals surface area contributed by atoms with E-state index in [1.54, 1.807) is 0 Å². The van der Waals surface area contributed by atoms with Crippen LogP contribution in [0.4, 0.5) is 23.2 Å². The largest absolute Gasteiger partial charge is 0.490 e. The van der Waals surface area contributed by atoms with Crippen LogP contribution in [0, 0.1) is 12.7 Å². The molecule has 8 N–H and O–H groups in total. The Hall–Kier alpha value is -4.35. The molecule has 38 heavy (non-hydrogen) atoms. The Labute approximate surface area is 212 Å². The first kappa shape index (κ1) is 31.7. The van der Waals surface area contributed by atoms with E-state index in [1.807, 2.05) is 0 Å². The summed E-state index contributed by atoms with van der Waals surface area (Å²) in [4.78, 5) is 39.0. The summed E-state index contributed by atoms with van der Waals surface area (Å²) in [7, 11) is -4.03. The molecule has 0 bridgehead atoms. The van der Waals surface area contributed by atoms with Crippen molar-refractivity contribution in [3.8, 4) is 0 Å². The molecule has 13 nitrogen and oxygen atoms in total. The highest BCUT2D eigenvalue weighted by Gasteiger charge is 2.38. The van der Waals surface area contributed by atoms with Crippen LogP contribution in [0.15, 0.2) is 46.3 Å². The molecule has 0 saturated heterocycles. The van der Waals surface area contributed by atoms with E-state index in [4.69, 9.17) is 31.9 Å². The minimum Gasteiger partial charge on any atom is -0.475 e. The van der Waals surface area contributed by atoms with E-state index >= 15 is 0 Å². The third kappa shape index (κ3) is 9.60. The van der Waals surface area contributed by atoms with Crippen LogP contribution >= 0.6 is 0 Å². The van der Waals surface area contributed by atoms with Gasteiger partial charge in [-0.1, -0.05) is 12.1 Å². The van der Waals surface area contributed by atoms with E-state index in [9.17, 15) is 35.6 Å². The lowest BCUT2D eigenvalue weighted by molar-refractivity contribution is -0.192. The second kappa shape index (κ2) is 12.7. The number of benzene rings is 1. The van der Waals surface area contributed by atoms with E-state index in [2.05, 4.69) is 9.88 Å². The maximum Gasteiger partial charge on any atom is 0.490 e. The number of aliphatic carboxylic acids is 1. The second-order valence-electron chi connectivity index (χ2n) is 7.53. The van der Waals surface area contributed by atoms with E-state index in [1.165, 1.54) is 38.1 Å². The Morgan fingerprint density at radius 1 is 1.13 bits per heavy atom. The van der Waals surface area contributed by atoms with Crippen molar-refractivity contribution in [1.29, 1.82) is 0 Å². The zero-order valence-corrected chi connectivity index (χ0v) is 20.6. The first-order chi connectivity index (χ1) is 17.4. The predicted octanol–water partition coefficient (Wildman–Crippen LogP) is 0.491. The Balaban J connectivity index is 0.000000905. The first-order valence-corrected chi connectivity index (χ1v) is 11.8. The van der Waals surface area contributed by atoms with Gasteiger partial charge in [0.05, 0.1) is 5.75 Å². The highest BCUT2D eigenvalue weighted by molar-refractivity contribution is 7.91. The summed E-state index contributed by atoms with van der Waals surface area (Å²) in [6, 6.07) is 6.23. The number of sulfonamides is 1. The molecule has 2 unspecified atom stereocenters. The summed E-state index contributed by atoms with van der Waals surface area (Å²) in [6.45, 7) is 2.94. The van der Waals surface area contributed by atoms with Gasteiger partial charge in [0.1, 0.15) is 11.5 Å². The van der Waals surface area contributed by atoms with Gasteiger partial charge in [0.2, 0.25) is 21.9 Å². The van der Waals surface area contributed by atoms with Crippen LogP contribution in [0.25, 0.3) is 0 Å². The number of amides is 1. The lowest BCUT2D eigenvalue weighted by Gasteiger charge is -2.24. The molecule has 18 heteroatoms. The fourth-order valence-electron chi connectivity index (χ4n) is 2.84. The van der Waals surface area contributed by atoms with E-state index in [0.717, 1.165) is 16.7 Å². The van der Waals surface area contributed by atoms with Gasteiger partial charge in [-0.3, -0.25) is 18.9 Å². The highest BCUT2D eigenvalue weighted by atomic mass is 32.2. The van der Waals surface area contributed by atoms with Gasteiger partial charge >= 0.3 is 12.1 Å². The van der Waals surface area contributed by atoms with Gasteiger partial charge in [-0.05, 0) is 48.8 Å². The number of nitrogens with two attached hydrogens (primary N) is 3. The standard InChI is InChI=1S/C18H23FN6O5S.C2HF3O2/c1-10-3-8-14(24-31(28,29)9-12-4-6-13(19)7-5-12)17(27)25(10)15(16(20)26)11(2)30-23-18(21)22;3-2(4,5)1(6)7/h3-8,11,15,24H,9H2,1-2H3,(H2,20,26)(H4,21,22,23);(H,6,7). The molecule has 2 atom stereocenters. The highest BCUT2D eigenvalue weighted by Crippen LogP contribution is 2.18. The van der Waals surface area contributed by atoms with Crippen molar-refractivity contribution < 1.29 is 45.5 Å². The molecule has 0 fully saturated rings. The molecule has 0 aliphatic rings. The number of hydrogen-bond acceptors (Lipinski definition) is 7. The minimum atomic E-state index is -5.08. The molecular formula is C20H24F4N6O7S. The van der Waals surface area contributed by atoms with Crippen LogP contribution < -0.4 is 27.5 Å². The lowest BCUT2D eigenvalue weighted by atomic mass is 10.1. The number of carbonyl (C=O) groups excluding carboxylic acids is 1. The van der Waals surface area contributed by atoms with Gasteiger partial charge in [-0.25, -0.2) is 17.6 Å². The fraction of sp³-hybridized carbons (Fsp3) is 0.300. The van der Waals surface area contributed by atoms with Crippen LogP contribution in [-0.4, -0.2) is 48.2 Å². The Bertz CT molecular complexity index is 1340. The van der Waals surface area contributed by atoms with Crippen LogP contribution in [0.3, 0.4) is 0 Å². The van der Waals surface area contributed by atoms with Crippen molar-refractivity contribution in [2.75, 3.05) is 4.72 Å². The maximum absolute atomic E-state index is 13.0. The number of carboxylic acid groups (broad SMARTS) is 1. The maximum atomic E-state index is 13.0. The number of alkyl halides is 3. The van der Waals surface area contributed by atoms with E-state index in [0.29, 0.717) is 11.3 Å². The second-order valence-corrected chi connectivity index (χ2v) is 9.25. The molecule has 0 saturated carbocycles. The topological polar surface area (TPSA) is 222 Å². The van der Waals surface area contributed by atoms with Gasteiger partial charge in [-0.2, -0.15) is 13.2 Å². The normalized spacial score (nSPS) is 12.8.